The summed E-state index contributed by atoms with van der Waals surface area (Å²) in [4.78, 5) is 28.3. The molecule has 1 aliphatic carbocycles. The molecule has 5 nitrogen and oxygen atoms in total. The zero-order valence-corrected chi connectivity index (χ0v) is 13.4. The molecule has 0 aromatic rings. The van der Waals surface area contributed by atoms with Crippen LogP contribution in [0.3, 0.4) is 0 Å². The van der Waals surface area contributed by atoms with Gasteiger partial charge in [-0.05, 0) is 38.0 Å². The molecular formula is C16H29N3O2. The van der Waals surface area contributed by atoms with Crippen LogP contribution in [-0.4, -0.2) is 54.3 Å². The van der Waals surface area contributed by atoms with E-state index in [2.05, 4.69) is 6.92 Å². The lowest BCUT2D eigenvalue weighted by atomic mass is 9.70. The van der Waals surface area contributed by atoms with Gasteiger partial charge < -0.3 is 15.5 Å². The predicted molar refractivity (Wildman–Crippen MR) is 82.6 cm³/mol. The topological polar surface area (TPSA) is 66.6 Å². The number of amides is 2. The number of hydrogen-bond donors (Lipinski definition) is 1. The maximum Gasteiger partial charge on any atom is 0.230 e. The maximum atomic E-state index is 13.0. The highest BCUT2D eigenvalue weighted by Gasteiger charge is 2.42. The Bertz CT molecular complexity index is 389. The predicted octanol–water partition coefficient (Wildman–Crippen LogP) is 1.22. The van der Waals surface area contributed by atoms with Gasteiger partial charge in [-0.25, -0.2) is 0 Å². The Morgan fingerprint density at radius 2 is 1.67 bits per heavy atom. The molecule has 2 N–H and O–H groups in total. The van der Waals surface area contributed by atoms with Crippen LogP contribution in [0.5, 0.6) is 0 Å². The van der Waals surface area contributed by atoms with Gasteiger partial charge in [0, 0.05) is 39.6 Å². The summed E-state index contributed by atoms with van der Waals surface area (Å²) >= 11 is 0. The van der Waals surface area contributed by atoms with E-state index in [1.54, 1.807) is 6.92 Å². The van der Waals surface area contributed by atoms with Crippen LogP contribution in [0, 0.1) is 11.3 Å². The maximum absolute atomic E-state index is 13.0. The van der Waals surface area contributed by atoms with Crippen LogP contribution in [0.2, 0.25) is 0 Å². The lowest BCUT2D eigenvalue weighted by molar-refractivity contribution is -0.144. The number of hydrogen-bond acceptors (Lipinski definition) is 3. The van der Waals surface area contributed by atoms with Gasteiger partial charge in [0.1, 0.15) is 0 Å². The van der Waals surface area contributed by atoms with Crippen LogP contribution in [-0.2, 0) is 9.59 Å². The second-order valence-electron chi connectivity index (χ2n) is 6.82. The number of rotatable bonds is 2. The average molecular weight is 295 g/mol. The number of carbonyl (C=O) groups excluding carboxylic acids is 2. The summed E-state index contributed by atoms with van der Waals surface area (Å²) in [6.45, 7) is 7.11. The molecule has 1 saturated carbocycles. The summed E-state index contributed by atoms with van der Waals surface area (Å²) in [5, 5.41) is 0. The van der Waals surface area contributed by atoms with E-state index in [1.807, 2.05) is 9.80 Å². The molecule has 0 aromatic heterocycles. The smallest absolute Gasteiger partial charge is 0.230 e. The quantitative estimate of drug-likeness (QED) is 0.833. The van der Waals surface area contributed by atoms with E-state index in [0.29, 0.717) is 25.6 Å². The van der Waals surface area contributed by atoms with E-state index >= 15 is 0 Å². The SMILES string of the molecule is CC(=O)N1CCCN(C(=O)C2(CN)CCC(C)CC2)CC1. The van der Waals surface area contributed by atoms with Crippen molar-refractivity contribution in [3.8, 4) is 0 Å². The Morgan fingerprint density at radius 1 is 1.10 bits per heavy atom. The molecule has 120 valence electrons. The highest BCUT2D eigenvalue weighted by atomic mass is 16.2. The third-order valence-corrected chi connectivity index (χ3v) is 5.30. The van der Waals surface area contributed by atoms with E-state index < -0.39 is 0 Å². The summed E-state index contributed by atoms with van der Waals surface area (Å²) in [7, 11) is 0. The fraction of sp³-hybridized carbons (Fsp3) is 0.875. The van der Waals surface area contributed by atoms with Crippen molar-refractivity contribution in [1.82, 2.24) is 9.80 Å². The highest BCUT2D eigenvalue weighted by Crippen LogP contribution is 2.39. The van der Waals surface area contributed by atoms with E-state index in [1.165, 1.54) is 0 Å². The van der Waals surface area contributed by atoms with Crippen LogP contribution in [0.1, 0.15) is 46.0 Å². The van der Waals surface area contributed by atoms with Gasteiger partial charge in [-0.3, -0.25) is 9.59 Å². The Hall–Kier alpha value is -1.10. The molecule has 1 saturated heterocycles. The third-order valence-electron chi connectivity index (χ3n) is 5.30. The van der Waals surface area contributed by atoms with Gasteiger partial charge in [0.2, 0.25) is 11.8 Å². The van der Waals surface area contributed by atoms with Crippen molar-refractivity contribution in [3.05, 3.63) is 0 Å². The largest absolute Gasteiger partial charge is 0.341 e. The van der Waals surface area contributed by atoms with Crippen LogP contribution in [0.25, 0.3) is 0 Å². The Kier molecular flexibility index (Phi) is 5.25. The molecule has 0 radical (unpaired) electrons. The molecular weight excluding hydrogens is 266 g/mol. The summed E-state index contributed by atoms with van der Waals surface area (Å²) in [6.07, 6.45) is 4.88. The van der Waals surface area contributed by atoms with Crippen LogP contribution < -0.4 is 5.73 Å². The molecule has 0 aromatic carbocycles. The molecule has 21 heavy (non-hydrogen) atoms. The Labute approximate surface area is 127 Å². The molecule has 2 amide bonds. The van der Waals surface area contributed by atoms with Crippen molar-refractivity contribution in [2.24, 2.45) is 17.1 Å². The second-order valence-corrected chi connectivity index (χ2v) is 6.82. The van der Waals surface area contributed by atoms with Gasteiger partial charge >= 0.3 is 0 Å². The Balaban J connectivity index is 2.02. The number of nitrogens with two attached hydrogens (primary N) is 1. The van der Waals surface area contributed by atoms with E-state index in [0.717, 1.165) is 45.2 Å². The molecule has 0 spiro atoms. The van der Waals surface area contributed by atoms with Gasteiger partial charge in [0.15, 0.2) is 0 Å². The van der Waals surface area contributed by atoms with E-state index in [4.69, 9.17) is 5.73 Å². The number of carbonyl (C=O) groups is 2. The second kappa shape index (κ2) is 6.77. The van der Waals surface area contributed by atoms with Crippen LogP contribution in [0.15, 0.2) is 0 Å². The first-order valence-electron chi connectivity index (χ1n) is 8.23. The van der Waals surface area contributed by atoms with Crippen LogP contribution >= 0.6 is 0 Å². The standard InChI is InChI=1S/C16H29N3O2/c1-13-4-6-16(12-17,7-5-13)15(21)19-9-3-8-18(10-11-19)14(2)20/h13H,3-12,17H2,1-2H3. The molecule has 2 aliphatic rings. The van der Waals surface area contributed by atoms with E-state index in [-0.39, 0.29) is 17.2 Å². The van der Waals surface area contributed by atoms with Crippen LogP contribution in [0.4, 0.5) is 0 Å². The Morgan fingerprint density at radius 3 is 2.24 bits per heavy atom. The molecule has 1 heterocycles. The first-order valence-corrected chi connectivity index (χ1v) is 8.23. The normalized spacial score (nSPS) is 30.9. The van der Waals surface area contributed by atoms with Crippen molar-refractivity contribution < 1.29 is 9.59 Å². The molecule has 1 aliphatic heterocycles. The van der Waals surface area contributed by atoms with Crippen molar-refractivity contribution in [2.75, 3.05) is 32.7 Å². The molecule has 0 atom stereocenters. The minimum atomic E-state index is -0.349. The summed E-state index contributed by atoms with van der Waals surface area (Å²) in [5.74, 6) is 1.03. The summed E-state index contributed by atoms with van der Waals surface area (Å²) in [5.41, 5.74) is 5.64. The zero-order chi connectivity index (χ0) is 15.5. The summed E-state index contributed by atoms with van der Waals surface area (Å²) < 4.78 is 0. The molecule has 2 fully saturated rings. The minimum Gasteiger partial charge on any atom is -0.341 e. The zero-order valence-electron chi connectivity index (χ0n) is 13.4. The van der Waals surface area contributed by atoms with Gasteiger partial charge in [-0.15, -0.1) is 0 Å². The fourth-order valence-electron chi connectivity index (χ4n) is 3.59. The van der Waals surface area contributed by atoms with Gasteiger partial charge in [-0.1, -0.05) is 6.92 Å². The van der Waals surface area contributed by atoms with Crippen molar-refractivity contribution >= 4 is 11.8 Å². The van der Waals surface area contributed by atoms with Crippen molar-refractivity contribution in [1.29, 1.82) is 0 Å². The lowest BCUT2D eigenvalue weighted by Crippen LogP contribution is -2.50. The highest BCUT2D eigenvalue weighted by molar-refractivity contribution is 5.83. The lowest BCUT2D eigenvalue weighted by Gasteiger charge is -2.40. The van der Waals surface area contributed by atoms with Gasteiger partial charge in [0.05, 0.1) is 5.41 Å². The van der Waals surface area contributed by atoms with Gasteiger partial charge in [0.25, 0.3) is 0 Å². The van der Waals surface area contributed by atoms with Crippen molar-refractivity contribution in [2.45, 2.75) is 46.0 Å². The third kappa shape index (κ3) is 3.57. The molecule has 0 unspecified atom stereocenters. The summed E-state index contributed by atoms with van der Waals surface area (Å²) in [6, 6.07) is 0. The molecule has 5 heteroatoms. The van der Waals surface area contributed by atoms with Gasteiger partial charge in [-0.2, -0.15) is 0 Å². The minimum absolute atomic E-state index is 0.101. The van der Waals surface area contributed by atoms with E-state index in [9.17, 15) is 9.59 Å². The monoisotopic (exact) mass is 295 g/mol. The average Bonchev–Trinajstić information content (AvgIpc) is 2.74. The molecule has 2 rings (SSSR count). The van der Waals surface area contributed by atoms with Crippen molar-refractivity contribution in [3.63, 3.8) is 0 Å². The first-order chi connectivity index (χ1) is 9.98. The number of nitrogens with zero attached hydrogens (tertiary/aromatic N) is 2. The first kappa shape index (κ1) is 16.3. The molecule has 0 bridgehead atoms. The fourth-order valence-corrected chi connectivity index (χ4v) is 3.59.